The summed E-state index contributed by atoms with van der Waals surface area (Å²) in [7, 11) is 1.50. The third-order valence-electron chi connectivity index (χ3n) is 2.49. The summed E-state index contributed by atoms with van der Waals surface area (Å²) in [6, 6.07) is 0. The number of hydrogen-bond acceptors (Lipinski definition) is 3. The van der Waals surface area contributed by atoms with E-state index in [1.807, 2.05) is 6.92 Å². The lowest BCUT2D eigenvalue weighted by Gasteiger charge is -2.26. The molecule has 1 aliphatic carbocycles. The van der Waals surface area contributed by atoms with Crippen molar-refractivity contribution in [1.82, 2.24) is 0 Å². The van der Waals surface area contributed by atoms with E-state index < -0.39 is 5.41 Å². The molecule has 0 bridgehead atoms. The average Bonchev–Trinajstić information content (AvgIpc) is 2.19. The average molecular weight is 182 g/mol. The first-order valence-electron chi connectivity index (χ1n) is 4.29. The van der Waals surface area contributed by atoms with Crippen LogP contribution in [0, 0.1) is 5.41 Å². The number of carbonyl (C=O) groups excluding carboxylic acids is 1. The van der Waals surface area contributed by atoms with Crippen LogP contribution in [-0.4, -0.2) is 18.5 Å². The fourth-order valence-corrected chi connectivity index (χ4v) is 1.37. The van der Waals surface area contributed by atoms with E-state index in [9.17, 15) is 9.90 Å². The summed E-state index contributed by atoms with van der Waals surface area (Å²) >= 11 is 0. The van der Waals surface area contributed by atoms with Crippen molar-refractivity contribution in [2.24, 2.45) is 5.41 Å². The maximum Gasteiger partial charge on any atom is 0.152 e. The first kappa shape index (κ1) is 9.84. The molecule has 0 amide bonds. The zero-order chi connectivity index (χ0) is 9.90. The van der Waals surface area contributed by atoms with Crippen molar-refractivity contribution in [3.63, 3.8) is 0 Å². The summed E-state index contributed by atoms with van der Waals surface area (Å²) in [5.74, 6) is 0.602. The molecule has 1 aliphatic rings. The molecule has 0 spiro atoms. The van der Waals surface area contributed by atoms with Crippen LogP contribution in [-0.2, 0) is 9.53 Å². The molecule has 3 heteroatoms. The Hall–Kier alpha value is -1.25. The van der Waals surface area contributed by atoms with Gasteiger partial charge in [0.15, 0.2) is 5.76 Å². The van der Waals surface area contributed by atoms with Crippen LogP contribution in [0.15, 0.2) is 23.7 Å². The smallest absolute Gasteiger partial charge is 0.152 e. The third-order valence-corrected chi connectivity index (χ3v) is 2.49. The molecule has 1 atom stereocenters. The minimum absolute atomic E-state index is 0.119. The zero-order valence-electron chi connectivity index (χ0n) is 7.91. The Bertz CT molecular complexity index is 265. The molecule has 1 unspecified atom stereocenters. The first-order valence-corrected chi connectivity index (χ1v) is 4.29. The van der Waals surface area contributed by atoms with Crippen molar-refractivity contribution in [3.05, 3.63) is 23.7 Å². The SMILES string of the molecule is CCC1(C=O)C=CC(O)=C(OC)C1. The lowest BCUT2D eigenvalue weighted by atomic mass is 9.79. The van der Waals surface area contributed by atoms with Crippen molar-refractivity contribution in [2.45, 2.75) is 19.8 Å². The second-order valence-electron chi connectivity index (χ2n) is 3.23. The molecule has 0 aromatic rings. The molecule has 0 heterocycles. The topological polar surface area (TPSA) is 46.5 Å². The summed E-state index contributed by atoms with van der Waals surface area (Å²) in [5, 5.41) is 9.34. The van der Waals surface area contributed by atoms with Gasteiger partial charge in [0.2, 0.25) is 0 Å². The van der Waals surface area contributed by atoms with Crippen molar-refractivity contribution in [1.29, 1.82) is 0 Å². The van der Waals surface area contributed by atoms with Gasteiger partial charge >= 0.3 is 0 Å². The van der Waals surface area contributed by atoms with Crippen molar-refractivity contribution in [3.8, 4) is 0 Å². The fraction of sp³-hybridized carbons (Fsp3) is 0.500. The highest BCUT2D eigenvalue weighted by atomic mass is 16.5. The monoisotopic (exact) mass is 182 g/mol. The number of methoxy groups -OCH3 is 1. The number of rotatable bonds is 3. The van der Waals surface area contributed by atoms with Gasteiger partial charge in [0.25, 0.3) is 0 Å². The Kier molecular flexibility index (Phi) is 2.76. The second kappa shape index (κ2) is 3.64. The largest absolute Gasteiger partial charge is 0.504 e. The maximum atomic E-state index is 10.9. The Morgan fingerprint density at radius 1 is 1.77 bits per heavy atom. The third kappa shape index (κ3) is 1.74. The molecule has 3 nitrogen and oxygen atoms in total. The molecule has 0 aromatic heterocycles. The highest BCUT2D eigenvalue weighted by Gasteiger charge is 2.30. The molecular weight excluding hydrogens is 168 g/mol. The fourth-order valence-electron chi connectivity index (χ4n) is 1.37. The molecular formula is C10H14O3. The summed E-state index contributed by atoms with van der Waals surface area (Å²) < 4.78 is 4.98. The van der Waals surface area contributed by atoms with Gasteiger partial charge in [-0.15, -0.1) is 0 Å². The highest BCUT2D eigenvalue weighted by molar-refractivity contribution is 5.64. The van der Waals surface area contributed by atoms with Gasteiger partial charge in [-0.05, 0) is 12.5 Å². The van der Waals surface area contributed by atoms with E-state index in [0.717, 1.165) is 6.29 Å². The van der Waals surface area contributed by atoms with Crippen molar-refractivity contribution >= 4 is 6.29 Å². The van der Waals surface area contributed by atoms with Crippen LogP contribution >= 0.6 is 0 Å². The Balaban J connectivity index is 2.93. The minimum atomic E-state index is -0.489. The van der Waals surface area contributed by atoms with Gasteiger partial charge in [-0.25, -0.2) is 0 Å². The number of carbonyl (C=O) groups is 1. The Labute approximate surface area is 77.7 Å². The summed E-state index contributed by atoms with van der Waals surface area (Å²) in [6.07, 6.45) is 5.34. The van der Waals surface area contributed by atoms with E-state index in [1.54, 1.807) is 6.08 Å². The van der Waals surface area contributed by atoms with Crippen LogP contribution in [0.4, 0.5) is 0 Å². The molecule has 0 radical (unpaired) electrons. The Morgan fingerprint density at radius 3 is 2.92 bits per heavy atom. The number of aliphatic hydroxyl groups excluding tert-OH is 1. The molecule has 0 aliphatic heterocycles. The predicted octanol–water partition coefficient (Wildman–Crippen LogP) is 1.96. The summed E-state index contributed by atoms with van der Waals surface area (Å²) in [4.78, 5) is 10.9. The highest BCUT2D eigenvalue weighted by Crippen LogP contribution is 2.34. The van der Waals surface area contributed by atoms with E-state index in [1.165, 1.54) is 13.2 Å². The molecule has 0 fully saturated rings. The zero-order valence-corrected chi connectivity index (χ0v) is 7.91. The lowest BCUT2D eigenvalue weighted by Crippen LogP contribution is -2.23. The molecule has 13 heavy (non-hydrogen) atoms. The van der Waals surface area contributed by atoms with Crippen LogP contribution in [0.5, 0.6) is 0 Å². The normalized spacial score (nSPS) is 27.5. The van der Waals surface area contributed by atoms with Crippen LogP contribution in [0.2, 0.25) is 0 Å². The van der Waals surface area contributed by atoms with E-state index in [2.05, 4.69) is 0 Å². The molecule has 72 valence electrons. The van der Waals surface area contributed by atoms with Crippen molar-refractivity contribution in [2.75, 3.05) is 7.11 Å². The maximum absolute atomic E-state index is 10.9. The second-order valence-corrected chi connectivity index (χ2v) is 3.23. The van der Waals surface area contributed by atoms with Gasteiger partial charge in [-0.1, -0.05) is 13.0 Å². The first-order chi connectivity index (χ1) is 6.17. The van der Waals surface area contributed by atoms with Crippen LogP contribution < -0.4 is 0 Å². The number of allylic oxidation sites excluding steroid dienone is 3. The van der Waals surface area contributed by atoms with Crippen LogP contribution in [0.3, 0.4) is 0 Å². The molecule has 0 aromatic carbocycles. The van der Waals surface area contributed by atoms with E-state index in [4.69, 9.17) is 4.74 Å². The van der Waals surface area contributed by atoms with Crippen molar-refractivity contribution < 1.29 is 14.6 Å². The van der Waals surface area contributed by atoms with Crippen LogP contribution in [0.1, 0.15) is 19.8 Å². The summed E-state index contributed by atoms with van der Waals surface area (Å²) in [6.45, 7) is 1.94. The lowest BCUT2D eigenvalue weighted by molar-refractivity contribution is -0.114. The van der Waals surface area contributed by atoms with Gasteiger partial charge in [0, 0.05) is 6.42 Å². The van der Waals surface area contributed by atoms with Crippen LogP contribution in [0.25, 0.3) is 0 Å². The standard InChI is InChI=1S/C10H14O3/c1-3-10(7-11)5-4-8(12)9(6-10)13-2/h4-5,7,12H,3,6H2,1-2H3. The van der Waals surface area contributed by atoms with Gasteiger partial charge in [0.05, 0.1) is 12.5 Å². The summed E-state index contributed by atoms with van der Waals surface area (Å²) in [5.41, 5.74) is -0.489. The van der Waals surface area contributed by atoms with E-state index in [-0.39, 0.29) is 5.76 Å². The number of hydrogen-bond donors (Lipinski definition) is 1. The Morgan fingerprint density at radius 2 is 2.46 bits per heavy atom. The van der Waals surface area contributed by atoms with Gasteiger partial charge in [0.1, 0.15) is 12.0 Å². The molecule has 0 saturated carbocycles. The number of aliphatic hydroxyl groups is 1. The predicted molar refractivity (Wildman–Crippen MR) is 49.2 cm³/mol. The van der Waals surface area contributed by atoms with E-state index in [0.29, 0.717) is 18.6 Å². The quantitative estimate of drug-likeness (QED) is 0.678. The van der Waals surface area contributed by atoms with Gasteiger partial charge in [-0.2, -0.15) is 0 Å². The van der Waals surface area contributed by atoms with Gasteiger partial charge < -0.3 is 14.6 Å². The number of aldehydes is 1. The molecule has 1 rings (SSSR count). The molecule has 0 saturated heterocycles. The molecule has 1 N–H and O–H groups in total. The van der Waals surface area contributed by atoms with Gasteiger partial charge in [-0.3, -0.25) is 0 Å². The van der Waals surface area contributed by atoms with E-state index >= 15 is 0 Å². The number of ether oxygens (including phenoxy) is 1. The minimum Gasteiger partial charge on any atom is -0.504 e.